The van der Waals surface area contributed by atoms with E-state index in [9.17, 15) is 4.79 Å². The highest BCUT2D eigenvalue weighted by Crippen LogP contribution is 2.31. The predicted molar refractivity (Wildman–Crippen MR) is 129 cm³/mol. The van der Waals surface area contributed by atoms with Gasteiger partial charge in [-0.15, -0.1) is 0 Å². The fourth-order valence-electron chi connectivity index (χ4n) is 4.26. The van der Waals surface area contributed by atoms with Crippen LogP contribution < -0.4 is 10.3 Å². The number of aromatic nitrogens is 3. The highest BCUT2D eigenvalue weighted by molar-refractivity contribution is 6.30. The lowest BCUT2D eigenvalue weighted by Gasteiger charge is -2.23. The lowest BCUT2D eigenvalue weighted by atomic mass is 10.0. The van der Waals surface area contributed by atoms with Gasteiger partial charge in [-0.2, -0.15) is 0 Å². The molecule has 0 aliphatic carbocycles. The molecule has 0 saturated heterocycles. The first-order valence-electron chi connectivity index (χ1n) is 10.2. The van der Waals surface area contributed by atoms with Crippen molar-refractivity contribution in [1.29, 1.82) is 0 Å². The number of halogens is 1. The summed E-state index contributed by atoms with van der Waals surface area (Å²) in [5.74, 6) is 0.511. The summed E-state index contributed by atoms with van der Waals surface area (Å²) in [4.78, 5) is 19.3. The van der Waals surface area contributed by atoms with Crippen LogP contribution in [0.4, 0.5) is 0 Å². The van der Waals surface area contributed by atoms with Gasteiger partial charge in [-0.25, -0.2) is 0 Å². The molecule has 0 amide bonds. The van der Waals surface area contributed by atoms with E-state index in [1.54, 1.807) is 35.2 Å². The van der Waals surface area contributed by atoms with E-state index in [0.29, 0.717) is 10.8 Å². The van der Waals surface area contributed by atoms with Gasteiger partial charge in [-0.3, -0.25) is 14.3 Å². The summed E-state index contributed by atoms with van der Waals surface area (Å²) in [6.07, 6.45) is 4.37. The molecule has 4 aromatic rings. The van der Waals surface area contributed by atoms with Crippen LogP contribution in [0.3, 0.4) is 0 Å². The third kappa shape index (κ3) is 4.04. The molecule has 0 saturated carbocycles. The van der Waals surface area contributed by atoms with Crippen LogP contribution in [0.15, 0.2) is 59.7 Å². The molecule has 0 fully saturated rings. The van der Waals surface area contributed by atoms with Crippen LogP contribution in [0, 0.1) is 0 Å². The number of rotatable bonds is 4. The summed E-state index contributed by atoms with van der Waals surface area (Å²) in [6.45, 7) is 2.30. The molecule has 0 atom stereocenters. The van der Waals surface area contributed by atoms with Gasteiger partial charge in [-0.05, 0) is 42.9 Å². The van der Waals surface area contributed by atoms with Gasteiger partial charge in [-0.1, -0.05) is 25.1 Å². The van der Waals surface area contributed by atoms with E-state index in [1.165, 1.54) is 22.7 Å². The summed E-state index contributed by atoms with van der Waals surface area (Å²) < 4.78 is 9.64. The molecule has 7 heteroatoms. The van der Waals surface area contributed by atoms with Crippen LogP contribution in [0.5, 0.6) is 5.75 Å². The Labute approximate surface area is 192 Å². The van der Waals surface area contributed by atoms with Gasteiger partial charge in [0.1, 0.15) is 12.4 Å². The van der Waals surface area contributed by atoms with Crippen LogP contribution in [0.25, 0.3) is 16.6 Å². The minimum absolute atomic E-state index is 0. The monoisotopic (exact) mass is 450 g/mol. The topological polar surface area (TPSA) is 52.3 Å². The number of hydrogen-bond donors (Lipinski definition) is 0. The SMILES string of the molecule is C.CN1CCc2c(c3ccc(-n4ccc(OCc5ccc(Cl)cn5)cc4=O)cc3n2C)C1. The first kappa shape index (κ1) is 22.1. The second-order valence-corrected chi connectivity index (χ2v) is 8.44. The van der Waals surface area contributed by atoms with Gasteiger partial charge in [0.25, 0.3) is 5.56 Å². The molecule has 5 rings (SSSR count). The molecule has 166 valence electrons. The predicted octanol–water partition coefficient (Wildman–Crippen LogP) is 4.58. The van der Waals surface area contributed by atoms with Crippen molar-refractivity contribution >= 4 is 22.5 Å². The molecule has 1 aliphatic rings. The lowest BCUT2D eigenvalue weighted by molar-refractivity contribution is 0.300. The van der Waals surface area contributed by atoms with Crippen LogP contribution in [-0.4, -0.2) is 32.6 Å². The maximum atomic E-state index is 12.8. The number of likely N-dealkylation sites (N-methyl/N-ethyl adjacent to an activating group) is 1. The average molecular weight is 451 g/mol. The van der Waals surface area contributed by atoms with E-state index in [-0.39, 0.29) is 19.6 Å². The highest BCUT2D eigenvalue weighted by Gasteiger charge is 2.21. The Hall–Kier alpha value is -3.09. The van der Waals surface area contributed by atoms with Crippen molar-refractivity contribution in [1.82, 2.24) is 19.0 Å². The summed E-state index contributed by atoms with van der Waals surface area (Å²) >= 11 is 5.86. The molecule has 3 aromatic heterocycles. The number of fused-ring (bicyclic) bond motifs is 3. The Morgan fingerprint density at radius 2 is 1.97 bits per heavy atom. The largest absolute Gasteiger partial charge is 0.487 e. The first-order chi connectivity index (χ1) is 15.0. The molecular weight excluding hydrogens is 424 g/mol. The first-order valence-corrected chi connectivity index (χ1v) is 10.6. The molecule has 4 heterocycles. The fourth-order valence-corrected chi connectivity index (χ4v) is 4.37. The maximum absolute atomic E-state index is 12.8. The zero-order chi connectivity index (χ0) is 21.5. The minimum Gasteiger partial charge on any atom is -0.487 e. The standard InChI is InChI=1S/C24H23ClN4O2.CH4/c1-27-9-8-22-21(14-27)20-6-5-18(11-23(20)28(22)2)29-10-7-19(12-24(29)30)31-15-17-4-3-16(25)13-26-17;/h3-7,10-13H,8-9,14-15H2,1-2H3;1H4. The van der Waals surface area contributed by atoms with Crippen LogP contribution in [0.2, 0.25) is 5.02 Å². The van der Waals surface area contributed by atoms with Crippen LogP contribution >= 0.6 is 11.6 Å². The second kappa shape index (κ2) is 8.81. The van der Waals surface area contributed by atoms with Crippen molar-refractivity contribution in [3.8, 4) is 11.4 Å². The van der Waals surface area contributed by atoms with E-state index in [4.69, 9.17) is 16.3 Å². The molecule has 0 spiro atoms. The van der Waals surface area contributed by atoms with E-state index < -0.39 is 0 Å². The summed E-state index contributed by atoms with van der Waals surface area (Å²) in [5, 5.41) is 1.84. The Morgan fingerprint density at radius 1 is 1.12 bits per heavy atom. The smallest absolute Gasteiger partial charge is 0.258 e. The number of nitrogens with zero attached hydrogens (tertiary/aromatic N) is 4. The summed E-state index contributed by atoms with van der Waals surface area (Å²) in [7, 11) is 4.27. The minimum atomic E-state index is -0.139. The van der Waals surface area contributed by atoms with Crippen LogP contribution in [-0.2, 0) is 26.6 Å². The van der Waals surface area contributed by atoms with E-state index in [0.717, 1.165) is 36.4 Å². The molecule has 0 bridgehead atoms. The Morgan fingerprint density at radius 3 is 2.72 bits per heavy atom. The molecule has 0 N–H and O–H groups in total. The quantitative estimate of drug-likeness (QED) is 0.456. The number of benzene rings is 1. The zero-order valence-corrected chi connectivity index (χ0v) is 18.3. The van der Waals surface area contributed by atoms with Gasteiger partial charge in [0.05, 0.1) is 21.9 Å². The zero-order valence-electron chi connectivity index (χ0n) is 17.5. The summed E-state index contributed by atoms with van der Waals surface area (Å²) in [5.41, 5.74) is 5.38. The van der Waals surface area contributed by atoms with Gasteiger partial charge in [0, 0.05) is 56.1 Å². The Bertz CT molecular complexity index is 1320. The fraction of sp³-hybridized carbons (Fsp3) is 0.280. The van der Waals surface area contributed by atoms with Gasteiger partial charge >= 0.3 is 0 Å². The molecule has 32 heavy (non-hydrogen) atoms. The maximum Gasteiger partial charge on any atom is 0.258 e. The van der Waals surface area contributed by atoms with Gasteiger partial charge in [0.15, 0.2) is 0 Å². The average Bonchev–Trinajstić information content (AvgIpc) is 3.04. The van der Waals surface area contributed by atoms with Crippen molar-refractivity contribution < 1.29 is 4.74 Å². The number of pyridine rings is 2. The van der Waals surface area contributed by atoms with Gasteiger partial charge < -0.3 is 14.2 Å². The van der Waals surface area contributed by atoms with Crippen molar-refractivity contribution in [3.05, 3.63) is 87.2 Å². The Balaban J connectivity index is 0.00000245. The lowest BCUT2D eigenvalue weighted by Crippen LogP contribution is -2.26. The van der Waals surface area contributed by atoms with E-state index >= 15 is 0 Å². The Kier molecular flexibility index (Phi) is 6.09. The van der Waals surface area contributed by atoms with E-state index in [1.807, 2.05) is 6.07 Å². The number of ether oxygens (including phenoxy) is 1. The molecule has 0 unspecified atom stereocenters. The normalized spacial score (nSPS) is 13.6. The number of hydrogen-bond acceptors (Lipinski definition) is 4. The van der Waals surface area contributed by atoms with Gasteiger partial charge in [0.2, 0.25) is 0 Å². The van der Waals surface area contributed by atoms with Crippen LogP contribution in [0.1, 0.15) is 24.4 Å². The third-order valence-corrected chi connectivity index (χ3v) is 6.15. The molecular formula is C25H27ClN4O2. The van der Waals surface area contributed by atoms with Crippen molar-refractivity contribution in [2.45, 2.75) is 27.0 Å². The molecule has 0 radical (unpaired) electrons. The van der Waals surface area contributed by atoms with Crippen molar-refractivity contribution in [2.75, 3.05) is 13.6 Å². The second-order valence-electron chi connectivity index (χ2n) is 8.00. The third-order valence-electron chi connectivity index (χ3n) is 5.92. The highest BCUT2D eigenvalue weighted by atomic mass is 35.5. The molecule has 1 aromatic carbocycles. The van der Waals surface area contributed by atoms with Crippen molar-refractivity contribution in [2.24, 2.45) is 7.05 Å². The van der Waals surface area contributed by atoms with Crippen molar-refractivity contribution in [3.63, 3.8) is 0 Å². The molecule has 6 nitrogen and oxygen atoms in total. The summed E-state index contributed by atoms with van der Waals surface area (Å²) in [6, 6.07) is 13.1. The number of aryl methyl sites for hydroxylation is 1. The molecule has 1 aliphatic heterocycles. The van der Waals surface area contributed by atoms with E-state index in [2.05, 4.69) is 40.7 Å².